The van der Waals surface area contributed by atoms with Crippen molar-refractivity contribution in [2.24, 2.45) is 0 Å². The molecule has 1 heterocycles. The summed E-state index contributed by atoms with van der Waals surface area (Å²) < 4.78 is 33.5. The molecule has 1 aromatic heterocycles. The highest BCUT2D eigenvalue weighted by atomic mass is 32.2. The van der Waals surface area contributed by atoms with Gasteiger partial charge in [0, 0.05) is 17.2 Å². The lowest BCUT2D eigenvalue weighted by molar-refractivity contribution is 0.471. The van der Waals surface area contributed by atoms with Gasteiger partial charge in [-0.25, -0.2) is 13.4 Å². The summed E-state index contributed by atoms with van der Waals surface area (Å²) in [5.41, 5.74) is 2.53. The number of nitrogens with zero attached hydrogens (tertiary/aromatic N) is 1. The summed E-state index contributed by atoms with van der Waals surface area (Å²) >= 11 is 0. The van der Waals surface area contributed by atoms with Crippen molar-refractivity contribution < 1.29 is 17.9 Å². The van der Waals surface area contributed by atoms with E-state index in [4.69, 9.17) is 4.42 Å². The summed E-state index contributed by atoms with van der Waals surface area (Å²) in [4.78, 5) is 4.37. The van der Waals surface area contributed by atoms with E-state index in [-0.39, 0.29) is 16.3 Å². The van der Waals surface area contributed by atoms with Gasteiger partial charge < -0.3 is 9.52 Å². The molecule has 3 aromatic carbocycles. The number of rotatable bonds is 5. The summed E-state index contributed by atoms with van der Waals surface area (Å²) in [6.45, 7) is 1.73. The molecule has 2 N–H and O–H groups in total. The molecule has 0 bridgehead atoms. The number of aryl methyl sites for hydroxylation is 1. The number of phenolic OH excluding ortho intramolecular Hbond substituents is 1. The molecule has 0 amide bonds. The minimum atomic E-state index is -3.79. The van der Waals surface area contributed by atoms with Crippen molar-refractivity contribution in [3.63, 3.8) is 0 Å². The molecular weight excluding hydrogens is 388 g/mol. The normalized spacial score (nSPS) is 11.3. The van der Waals surface area contributed by atoms with Crippen LogP contribution in [0, 0.1) is 6.92 Å². The van der Waals surface area contributed by atoms with Crippen LogP contribution in [0.4, 0.5) is 5.69 Å². The molecule has 4 rings (SSSR count). The zero-order valence-corrected chi connectivity index (χ0v) is 16.3. The van der Waals surface area contributed by atoms with Crippen LogP contribution in [0.1, 0.15) is 5.56 Å². The number of aromatic nitrogens is 1. The van der Waals surface area contributed by atoms with Crippen molar-refractivity contribution in [2.75, 3.05) is 4.72 Å². The molecule has 0 spiro atoms. The first kappa shape index (κ1) is 18.8. The van der Waals surface area contributed by atoms with Crippen LogP contribution >= 0.6 is 0 Å². The van der Waals surface area contributed by atoms with E-state index in [1.165, 1.54) is 18.2 Å². The fraction of sp³-hybridized carbons (Fsp3) is 0.0455. The molecule has 4 aromatic rings. The molecule has 0 radical (unpaired) electrons. The van der Waals surface area contributed by atoms with Crippen LogP contribution in [0.2, 0.25) is 0 Å². The summed E-state index contributed by atoms with van der Waals surface area (Å²) in [6.07, 6.45) is 1.64. The highest BCUT2D eigenvalue weighted by Gasteiger charge is 2.16. The first-order valence-corrected chi connectivity index (χ1v) is 10.3. The standard InChI is InChI=1S/C22H18N2O4S/c1-15-7-10-18(13-20(15)25)24-29(26,27)19-11-8-17(9-12-19)22-23-14-21(28-22)16-5-3-2-4-6-16/h2-14,24-25H,1H3. The third-order valence-electron chi connectivity index (χ3n) is 4.44. The molecular formula is C22H18N2O4S. The first-order chi connectivity index (χ1) is 13.9. The Morgan fingerprint density at radius 2 is 1.66 bits per heavy atom. The molecule has 7 heteroatoms. The number of nitrogens with one attached hydrogen (secondary N) is 1. The lowest BCUT2D eigenvalue weighted by atomic mass is 10.2. The van der Waals surface area contributed by atoms with Crippen LogP contribution in [0.15, 0.2) is 88.3 Å². The van der Waals surface area contributed by atoms with E-state index in [1.54, 1.807) is 37.4 Å². The van der Waals surface area contributed by atoms with Crippen molar-refractivity contribution in [1.29, 1.82) is 0 Å². The summed E-state index contributed by atoms with van der Waals surface area (Å²) in [5, 5.41) is 9.76. The van der Waals surface area contributed by atoms with Gasteiger partial charge in [0.25, 0.3) is 10.0 Å². The zero-order chi connectivity index (χ0) is 20.4. The van der Waals surface area contributed by atoms with Gasteiger partial charge in [-0.2, -0.15) is 0 Å². The molecule has 0 aliphatic heterocycles. The van der Waals surface area contributed by atoms with Crippen molar-refractivity contribution in [3.8, 4) is 28.5 Å². The number of oxazole rings is 1. The van der Waals surface area contributed by atoms with Gasteiger partial charge in [-0.3, -0.25) is 4.72 Å². The monoisotopic (exact) mass is 406 g/mol. The largest absolute Gasteiger partial charge is 0.508 e. The summed E-state index contributed by atoms with van der Waals surface area (Å²) in [7, 11) is -3.79. The number of sulfonamides is 1. The van der Waals surface area contributed by atoms with Crippen LogP contribution in [-0.4, -0.2) is 18.5 Å². The van der Waals surface area contributed by atoms with Gasteiger partial charge in [-0.05, 0) is 42.8 Å². The Balaban J connectivity index is 1.56. The van der Waals surface area contributed by atoms with E-state index in [9.17, 15) is 13.5 Å². The van der Waals surface area contributed by atoms with Gasteiger partial charge in [-0.15, -0.1) is 0 Å². The maximum atomic E-state index is 12.6. The Bertz CT molecular complexity index is 1250. The first-order valence-electron chi connectivity index (χ1n) is 8.86. The topological polar surface area (TPSA) is 92.4 Å². The van der Waals surface area contributed by atoms with Crippen LogP contribution in [-0.2, 0) is 10.0 Å². The maximum Gasteiger partial charge on any atom is 0.261 e. The third-order valence-corrected chi connectivity index (χ3v) is 5.83. The van der Waals surface area contributed by atoms with E-state index in [0.717, 1.165) is 5.56 Å². The maximum absolute atomic E-state index is 12.6. The highest BCUT2D eigenvalue weighted by molar-refractivity contribution is 7.92. The van der Waals surface area contributed by atoms with Gasteiger partial charge in [0.1, 0.15) is 5.75 Å². The number of hydrogen-bond acceptors (Lipinski definition) is 5. The van der Waals surface area contributed by atoms with Gasteiger partial charge >= 0.3 is 0 Å². The Morgan fingerprint density at radius 3 is 2.34 bits per heavy atom. The van der Waals surface area contributed by atoms with Gasteiger partial charge in [-0.1, -0.05) is 36.4 Å². The second-order valence-electron chi connectivity index (χ2n) is 6.53. The zero-order valence-electron chi connectivity index (χ0n) is 15.5. The van der Waals surface area contributed by atoms with Gasteiger partial charge in [0.15, 0.2) is 5.76 Å². The molecule has 0 saturated carbocycles. The third kappa shape index (κ3) is 4.00. The molecule has 0 unspecified atom stereocenters. The fourth-order valence-electron chi connectivity index (χ4n) is 2.81. The predicted molar refractivity (Wildman–Crippen MR) is 111 cm³/mol. The number of aromatic hydroxyl groups is 1. The summed E-state index contributed by atoms with van der Waals surface area (Å²) in [6, 6.07) is 20.5. The van der Waals surface area contributed by atoms with Gasteiger partial charge in [0.2, 0.25) is 5.89 Å². The van der Waals surface area contributed by atoms with Crippen LogP contribution in [0.3, 0.4) is 0 Å². The number of benzene rings is 3. The highest BCUT2D eigenvalue weighted by Crippen LogP contribution is 2.27. The smallest absolute Gasteiger partial charge is 0.261 e. The SMILES string of the molecule is Cc1ccc(NS(=O)(=O)c2ccc(-c3ncc(-c4ccccc4)o3)cc2)cc1O. The second kappa shape index (κ2) is 7.44. The second-order valence-corrected chi connectivity index (χ2v) is 8.21. The van der Waals surface area contributed by atoms with E-state index in [2.05, 4.69) is 9.71 Å². The Kier molecular flexibility index (Phi) is 4.82. The molecule has 0 atom stereocenters. The van der Waals surface area contributed by atoms with Gasteiger partial charge in [0.05, 0.1) is 16.8 Å². The molecule has 0 aliphatic rings. The Hall–Kier alpha value is -3.58. The number of phenols is 1. The number of hydrogen-bond donors (Lipinski definition) is 2. The predicted octanol–water partition coefficient (Wildman–Crippen LogP) is 4.82. The number of anilines is 1. The minimum Gasteiger partial charge on any atom is -0.508 e. The lowest BCUT2D eigenvalue weighted by Gasteiger charge is -2.09. The minimum absolute atomic E-state index is 0.0265. The van der Waals surface area contributed by atoms with Crippen molar-refractivity contribution >= 4 is 15.7 Å². The Labute approximate surface area is 168 Å². The average Bonchev–Trinajstić information content (AvgIpc) is 3.22. The molecule has 6 nitrogen and oxygen atoms in total. The van der Waals surface area contributed by atoms with Crippen LogP contribution < -0.4 is 4.72 Å². The average molecular weight is 406 g/mol. The summed E-state index contributed by atoms with van der Waals surface area (Å²) in [5.74, 6) is 1.07. The quantitative estimate of drug-likeness (QED) is 0.495. The van der Waals surface area contributed by atoms with Crippen LogP contribution in [0.25, 0.3) is 22.8 Å². The molecule has 29 heavy (non-hydrogen) atoms. The molecule has 146 valence electrons. The molecule has 0 saturated heterocycles. The van der Waals surface area contributed by atoms with Crippen molar-refractivity contribution in [2.45, 2.75) is 11.8 Å². The van der Waals surface area contributed by atoms with E-state index in [0.29, 0.717) is 22.8 Å². The van der Waals surface area contributed by atoms with E-state index in [1.807, 2.05) is 30.3 Å². The van der Waals surface area contributed by atoms with E-state index < -0.39 is 10.0 Å². The lowest BCUT2D eigenvalue weighted by Crippen LogP contribution is -2.12. The Morgan fingerprint density at radius 1 is 0.931 bits per heavy atom. The van der Waals surface area contributed by atoms with Crippen molar-refractivity contribution in [1.82, 2.24) is 4.98 Å². The van der Waals surface area contributed by atoms with Crippen molar-refractivity contribution in [3.05, 3.63) is 84.6 Å². The van der Waals surface area contributed by atoms with E-state index >= 15 is 0 Å². The fourth-order valence-corrected chi connectivity index (χ4v) is 3.86. The molecule has 0 aliphatic carbocycles. The molecule has 0 fully saturated rings. The van der Waals surface area contributed by atoms with Crippen LogP contribution in [0.5, 0.6) is 5.75 Å².